The van der Waals surface area contributed by atoms with Crippen LogP contribution in [0.3, 0.4) is 0 Å². The molecule has 0 saturated carbocycles. The van der Waals surface area contributed by atoms with Gasteiger partial charge in [0.15, 0.2) is 0 Å². The average molecular weight is 149 g/mol. The minimum Gasteiger partial charge on any atom is -0.379 e. The van der Waals surface area contributed by atoms with Gasteiger partial charge in [0.25, 0.3) is 0 Å². The van der Waals surface area contributed by atoms with Crippen LogP contribution in [0.5, 0.6) is 0 Å². The zero-order valence-electron chi connectivity index (χ0n) is 6.05. The maximum absolute atomic E-state index is 5.21. The molecule has 56 valence electrons. The maximum atomic E-state index is 5.21. The van der Waals surface area contributed by atoms with Gasteiger partial charge >= 0.3 is 0 Å². The Morgan fingerprint density at radius 2 is 2.22 bits per heavy atom. The lowest BCUT2D eigenvalue weighted by Gasteiger charge is -2.29. The highest BCUT2D eigenvalue weighted by molar-refractivity contribution is 7.59. The van der Waals surface area contributed by atoms with E-state index in [1.807, 2.05) is 0 Å². The second-order valence-corrected chi connectivity index (χ2v) is 2.40. The molecular weight excluding hydrogens is 134 g/mol. The van der Waals surface area contributed by atoms with E-state index in [2.05, 4.69) is 18.9 Å². The van der Waals surface area contributed by atoms with Crippen LogP contribution >= 0.6 is 13.5 Å². The lowest BCUT2D eigenvalue weighted by Crippen LogP contribution is -2.40. The van der Waals surface area contributed by atoms with Gasteiger partial charge in [0.1, 0.15) is 0 Å². The van der Waals surface area contributed by atoms with E-state index < -0.39 is 0 Å². The topological polar surface area (TPSA) is 12.5 Å². The molecule has 0 aromatic carbocycles. The van der Waals surface area contributed by atoms with Crippen molar-refractivity contribution in [1.82, 2.24) is 4.90 Å². The predicted octanol–water partition coefficient (Wildman–Crippen LogP) is 0.450. The first-order valence-electron chi connectivity index (χ1n) is 3.08. The lowest BCUT2D eigenvalue weighted by molar-refractivity contribution is 0.0131. The van der Waals surface area contributed by atoms with E-state index in [4.69, 9.17) is 4.74 Å². The summed E-state index contributed by atoms with van der Waals surface area (Å²) in [6, 6.07) is 0.615. The molecule has 0 unspecified atom stereocenters. The van der Waals surface area contributed by atoms with Crippen molar-refractivity contribution >= 4 is 13.5 Å². The van der Waals surface area contributed by atoms with Crippen LogP contribution < -0.4 is 0 Å². The number of rotatable bonds is 0. The molecule has 0 spiro atoms. The van der Waals surface area contributed by atoms with Crippen LogP contribution in [0.15, 0.2) is 0 Å². The third-order valence-electron chi connectivity index (χ3n) is 1.70. The van der Waals surface area contributed by atoms with Crippen molar-refractivity contribution < 1.29 is 4.74 Å². The summed E-state index contributed by atoms with van der Waals surface area (Å²) in [6.07, 6.45) is 0. The van der Waals surface area contributed by atoms with Crippen molar-refractivity contribution in [2.75, 3.05) is 26.8 Å². The Kier molecular flexibility index (Phi) is 4.27. The van der Waals surface area contributed by atoms with Crippen LogP contribution in [-0.4, -0.2) is 37.7 Å². The molecule has 0 radical (unpaired) electrons. The van der Waals surface area contributed by atoms with Gasteiger partial charge in [-0.05, 0) is 14.0 Å². The summed E-state index contributed by atoms with van der Waals surface area (Å²) in [4.78, 5) is 2.31. The quantitative estimate of drug-likeness (QED) is 0.496. The van der Waals surface area contributed by atoms with E-state index in [-0.39, 0.29) is 13.5 Å². The molecular formula is C6H15NOS. The third-order valence-corrected chi connectivity index (χ3v) is 1.70. The second-order valence-electron chi connectivity index (χ2n) is 2.40. The second kappa shape index (κ2) is 4.14. The van der Waals surface area contributed by atoms with Crippen LogP contribution in [0, 0.1) is 0 Å². The SMILES string of the molecule is C[C@H]1COCCN1C.S. The molecule has 0 N–H and O–H groups in total. The summed E-state index contributed by atoms with van der Waals surface area (Å²) in [5.74, 6) is 0. The van der Waals surface area contributed by atoms with E-state index in [0.717, 1.165) is 19.8 Å². The molecule has 1 aliphatic heterocycles. The summed E-state index contributed by atoms with van der Waals surface area (Å²) in [5, 5.41) is 0. The van der Waals surface area contributed by atoms with Gasteiger partial charge in [-0.2, -0.15) is 13.5 Å². The van der Waals surface area contributed by atoms with Crippen LogP contribution in [0.1, 0.15) is 6.92 Å². The van der Waals surface area contributed by atoms with Gasteiger partial charge < -0.3 is 4.74 Å². The van der Waals surface area contributed by atoms with Crippen LogP contribution in [0.2, 0.25) is 0 Å². The molecule has 1 fully saturated rings. The molecule has 1 saturated heterocycles. The van der Waals surface area contributed by atoms with Gasteiger partial charge in [-0.3, -0.25) is 4.90 Å². The van der Waals surface area contributed by atoms with E-state index in [1.165, 1.54) is 0 Å². The monoisotopic (exact) mass is 149 g/mol. The minimum atomic E-state index is 0. The van der Waals surface area contributed by atoms with Gasteiger partial charge in [-0.15, -0.1) is 0 Å². The minimum absolute atomic E-state index is 0. The van der Waals surface area contributed by atoms with E-state index in [1.54, 1.807) is 0 Å². The van der Waals surface area contributed by atoms with Gasteiger partial charge in [-0.1, -0.05) is 0 Å². The number of ether oxygens (including phenoxy) is 1. The van der Waals surface area contributed by atoms with Crippen LogP contribution in [0.25, 0.3) is 0 Å². The number of hydrogen-bond acceptors (Lipinski definition) is 2. The highest BCUT2D eigenvalue weighted by Gasteiger charge is 2.12. The van der Waals surface area contributed by atoms with Crippen molar-refractivity contribution in [3.63, 3.8) is 0 Å². The first-order chi connectivity index (χ1) is 3.80. The fraction of sp³-hybridized carbons (Fsp3) is 1.00. The Labute approximate surface area is 63.6 Å². The molecule has 0 aliphatic carbocycles. The zero-order valence-corrected chi connectivity index (χ0v) is 7.05. The number of nitrogens with zero attached hydrogens (tertiary/aromatic N) is 1. The number of likely N-dealkylation sites (N-methyl/N-ethyl adjacent to an activating group) is 1. The summed E-state index contributed by atoms with van der Waals surface area (Å²) in [5.41, 5.74) is 0. The Balaban J connectivity index is 0.000000640. The largest absolute Gasteiger partial charge is 0.379 e. The van der Waals surface area contributed by atoms with Crippen molar-refractivity contribution in [3.8, 4) is 0 Å². The Bertz CT molecular complexity index is 69.5. The first kappa shape index (κ1) is 9.27. The standard InChI is InChI=1S/C6H13NO.H2S/c1-6-5-8-4-3-7(6)2;/h6H,3-5H2,1-2H3;1H2/t6-;/m0./s1. The first-order valence-corrected chi connectivity index (χ1v) is 3.08. The summed E-state index contributed by atoms with van der Waals surface area (Å²) in [7, 11) is 2.13. The highest BCUT2D eigenvalue weighted by atomic mass is 32.1. The number of hydrogen-bond donors (Lipinski definition) is 0. The molecule has 0 aromatic rings. The number of morpholine rings is 1. The molecule has 0 bridgehead atoms. The fourth-order valence-electron chi connectivity index (χ4n) is 0.810. The van der Waals surface area contributed by atoms with E-state index >= 15 is 0 Å². The Morgan fingerprint density at radius 1 is 1.56 bits per heavy atom. The van der Waals surface area contributed by atoms with Gasteiger partial charge in [0, 0.05) is 12.6 Å². The fourth-order valence-corrected chi connectivity index (χ4v) is 0.810. The average Bonchev–Trinajstić information content (AvgIpc) is 1.77. The Hall–Kier alpha value is 0.270. The third kappa shape index (κ3) is 2.56. The molecule has 2 nitrogen and oxygen atoms in total. The smallest absolute Gasteiger partial charge is 0.0619 e. The summed E-state index contributed by atoms with van der Waals surface area (Å²) in [6.45, 7) is 5.07. The van der Waals surface area contributed by atoms with E-state index in [9.17, 15) is 0 Å². The van der Waals surface area contributed by atoms with Gasteiger partial charge in [0.05, 0.1) is 13.2 Å². The van der Waals surface area contributed by atoms with Crippen molar-refractivity contribution in [2.45, 2.75) is 13.0 Å². The Morgan fingerprint density at radius 3 is 2.56 bits per heavy atom. The lowest BCUT2D eigenvalue weighted by atomic mass is 10.3. The van der Waals surface area contributed by atoms with Crippen molar-refractivity contribution in [3.05, 3.63) is 0 Å². The highest BCUT2D eigenvalue weighted by Crippen LogP contribution is 2.00. The van der Waals surface area contributed by atoms with Gasteiger partial charge in [-0.25, -0.2) is 0 Å². The molecule has 1 aliphatic rings. The molecule has 0 aromatic heterocycles. The molecule has 9 heavy (non-hydrogen) atoms. The van der Waals surface area contributed by atoms with E-state index in [0.29, 0.717) is 6.04 Å². The molecule has 1 heterocycles. The normalized spacial score (nSPS) is 29.3. The maximum Gasteiger partial charge on any atom is 0.0619 e. The molecule has 1 atom stereocenters. The van der Waals surface area contributed by atoms with Crippen LogP contribution in [-0.2, 0) is 4.74 Å². The molecule has 0 amide bonds. The predicted molar refractivity (Wildman–Crippen MR) is 43.3 cm³/mol. The molecule has 3 heteroatoms. The van der Waals surface area contributed by atoms with Crippen molar-refractivity contribution in [2.24, 2.45) is 0 Å². The summed E-state index contributed by atoms with van der Waals surface area (Å²) >= 11 is 0. The zero-order chi connectivity index (χ0) is 5.98. The molecule has 1 rings (SSSR count). The summed E-state index contributed by atoms with van der Waals surface area (Å²) < 4.78 is 5.21. The van der Waals surface area contributed by atoms with Crippen molar-refractivity contribution in [1.29, 1.82) is 0 Å². The van der Waals surface area contributed by atoms with Crippen LogP contribution in [0.4, 0.5) is 0 Å². The van der Waals surface area contributed by atoms with Gasteiger partial charge in [0.2, 0.25) is 0 Å².